The van der Waals surface area contributed by atoms with Gasteiger partial charge in [0, 0.05) is 23.9 Å². The molecule has 0 radical (unpaired) electrons. The third kappa shape index (κ3) is 2.14. The molecule has 6 heteroatoms. The quantitative estimate of drug-likeness (QED) is 0.624. The lowest BCUT2D eigenvalue weighted by Crippen LogP contribution is -2.10. The smallest absolute Gasteiger partial charge is 0.180 e. The van der Waals surface area contributed by atoms with Crippen LogP contribution in [0, 0.1) is 6.92 Å². The van der Waals surface area contributed by atoms with Crippen molar-refractivity contribution in [3.63, 3.8) is 0 Å². The van der Waals surface area contributed by atoms with Crippen molar-refractivity contribution < 1.29 is 0 Å². The lowest BCUT2D eigenvalue weighted by atomic mass is 10.2. The van der Waals surface area contributed by atoms with Gasteiger partial charge >= 0.3 is 0 Å². The number of nitrogens with zero attached hydrogens (tertiary/aromatic N) is 4. The van der Waals surface area contributed by atoms with Crippen LogP contribution in [0.5, 0.6) is 0 Å². The lowest BCUT2D eigenvalue weighted by molar-refractivity contribution is 0.972. The van der Waals surface area contributed by atoms with E-state index in [4.69, 9.17) is 5.84 Å². The maximum atomic E-state index is 5.44. The Morgan fingerprint density at radius 3 is 2.78 bits per heavy atom. The van der Waals surface area contributed by atoms with Gasteiger partial charge in [-0.2, -0.15) is 0 Å². The van der Waals surface area contributed by atoms with Gasteiger partial charge in [0.25, 0.3) is 0 Å². The van der Waals surface area contributed by atoms with E-state index in [2.05, 4.69) is 25.4 Å². The summed E-state index contributed by atoms with van der Waals surface area (Å²) >= 11 is 0. The number of nitrogen functional groups attached to an aromatic ring is 1. The van der Waals surface area contributed by atoms with E-state index < -0.39 is 0 Å². The normalized spacial score (nSPS) is 14.6. The maximum Gasteiger partial charge on any atom is 0.180 e. The van der Waals surface area contributed by atoms with Crippen LogP contribution in [0.1, 0.15) is 30.3 Å². The van der Waals surface area contributed by atoms with Gasteiger partial charge in [0.1, 0.15) is 17.3 Å². The molecule has 0 unspecified atom stereocenters. The molecule has 2 aromatic heterocycles. The molecule has 0 aliphatic heterocycles. The average Bonchev–Trinajstić information content (AvgIpc) is 3.22. The number of nitrogens with two attached hydrogens (primary N) is 1. The second kappa shape index (κ2) is 4.30. The van der Waals surface area contributed by atoms with Crippen molar-refractivity contribution in [3.8, 4) is 11.5 Å². The van der Waals surface area contributed by atoms with E-state index in [1.807, 2.05) is 13.0 Å². The Balaban J connectivity index is 2.07. The Hall–Kier alpha value is -2.08. The number of rotatable bonds is 3. The number of hydrogen-bond acceptors (Lipinski definition) is 6. The molecule has 92 valence electrons. The summed E-state index contributed by atoms with van der Waals surface area (Å²) in [5.41, 5.74) is 4.34. The summed E-state index contributed by atoms with van der Waals surface area (Å²) in [6.07, 6.45) is 4.08. The first-order valence-electron chi connectivity index (χ1n) is 5.92. The molecule has 2 aromatic rings. The molecular weight excluding hydrogens is 228 g/mol. The van der Waals surface area contributed by atoms with Crippen LogP contribution in [0.15, 0.2) is 18.3 Å². The summed E-state index contributed by atoms with van der Waals surface area (Å²) in [5.74, 6) is 7.91. The predicted octanol–water partition coefficient (Wildman–Crippen LogP) is 1.41. The molecule has 0 atom stereocenters. The molecule has 3 rings (SSSR count). The molecule has 0 bridgehead atoms. The minimum atomic E-state index is 0.543. The minimum Gasteiger partial charge on any atom is -0.308 e. The van der Waals surface area contributed by atoms with Crippen molar-refractivity contribution >= 4 is 5.82 Å². The van der Waals surface area contributed by atoms with Gasteiger partial charge < -0.3 is 5.43 Å². The Kier molecular flexibility index (Phi) is 2.64. The second-order valence-corrected chi connectivity index (χ2v) is 4.41. The monoisotopic (exact) mass is 242 g/mol. The molecule has 6 nitrogen and oxygen atoms in total. The van der Waals surface area contributed by atoms with Gasteiger partial charge in [-0.05, 0) is 25.8 Å². The van der Waals surface area contributed by atoms with E-state index in [1.165, 1.54) is 12.8 Å². The van der Waals surface area contributed by atoms with Crippen molar-refractivity contribution in [1.82, 2.24) is 19.9 Å². The lowest BCUT2D eigenvalue weighted by Gasteiger charge is -2.06. The van der Waals surface area contributed by atoms with Crippen LogP contribution < -0.4 is 11.3 Å². The summed E-state index contributed by atoms with van der Waals surface area (Å²) in [6, 6.07) is 3.70. The fraction of sp³-hybridized carbons (Fsp3) is 0.333. The number of nitrogens with one attached hydrogen (secondary N) is 1. The van der Waals surface area contributed by atoms with Crippen LogP contribution >= 0.6 is 0 Å². The zero-order valence-corrected chi connectivity index (χ0v) is 10.1. The van der Waals surface area contributed by atoms with Gasteiger partial charge in [-0.1, -0.05) is 0 Å². The number of aryl methyl sites for hydroxylation is 1. The van der Waals surface area contributed by atoms with Crippen molar-refractivity contribution in [3.05, 3.63) is 29.8 Å². The van der Waals surface area contributed by atoms with E-state index in [-0.39, 0.29) is 0 Å². The highest BCUT2D eigenvalue weighted by Gasteiger charge is 2.26. The molecule has 0 amide bonds. The summed E-state index contributed by atoms with van der Waals surface area (Å²) < 4.78 is 0. The topological polar surface area (TPSA) is 89.6 Å². The third-order valence-corrected chi connectivity index (χ3v) is 2.89. The van der Waals surface area contributed by atoms with Gasteiger partial charge in [-0.25, -0.2) is 25.8 Å². The SMILES string of the molecule is Cc1nccc(-c2nc(NN)cc(C3CC3)n2)n1. The summed E-state index contributed by atoms with van der Waals surface area (Å²) in [6.45, 7) is 1.84. The highest BCUT2D eigenvalue weighted by Crippen LogP contribution is 2.39. The molecule has 18 heavy (non-hydrogen) atoms. The molecule has 0 aromatic carbocycles. The fourth-order valence-electron chi connectivity index (χ4n) is 1.82. The standard InChI is InChI=1S/C12H14N6/c1-7-14-5-4-9(15-7)12-16-10(8-2-3-8)6-11(17-12)18-13/h4-6,8H,2-3,13H2,1H3,(H,16,17,18). The molecule has 1 aliphatic rings. The van der Waals surface area contributed by atoms with Crippen molar-refractivity contribution in [1.29, 1.82) is 0 Å². The Bertz CT molecular complexity index is 579. The van der Waals surface area contributed by atoms with Gasteiger partial charge in [0.15, 0.2) is 5.82 Å². The summed E-state index contributed by atoms with van der Waals surface area (Å²) in [7, 11) is 0. The van der Waals surface area contributed by atoms with E-state index in [0.717, 1.165) is 11.4 Å². The first-order valence-corrected chi connectivity index (χ1v) is 5.92. The first-order chi connectivity index (χ1) is 8.76. The number of anilines is 1. The van der Waals surface area contributed by atoms with Crippen molar-refractivity contribution in [2.45, 2.75) is 25.7 Å². The Morgan fingerprint density at radius 2 is 2.11 bits per heavy atom. The zero-order chi connectivity index (χ0) is 12.5. The fourth-order valence-corrected chi connectivity index (χ4v) is 1.82. The molecule has 2 heterocycles. The largest absolute Gasteiger partial charge is 0.308 e. The molecule has 1 fully saturated rings. The zero-order valence-electron chi connectivity index (χ0n) is 10.1. The van der Waals surface area contributed by atoms with Gasteiger partial charge in [0.2, 0.25) is 0 Å². The van der Waals surface area contributed by atoms with Crippen LogP contribution in [0.4, 0.5) is 5.82 Å². The highest BCUT2D eigenvalue weighted by molar-refractivity contribution is 5.53. The summed E-state index contributed by atoms with van der Waals surface area (Å²) in [4.78, 5) is 17.3. The highest BCUT2D eigenvalue weighted by atomic mass is 15.3. The van der Waals surface area contributed by atoms with Gasteiger partial charge in [-0.15, -0.1) is 0 Å². The minimum absolute atomic E-state index is 0.543. The first kappa shape index (κ1) is 11.0. The van der Waals surface area contributed by atoms with Crippen molar-refractivity contribution in [2.75, 3.05) is 5.43 Å². The van der Waals surface area contributed by atoms with Crippen molar-refractivity contribution in [2.24, 2.45) is 5.84 Å². The van der Waals surface area contributed by atoms with Crippen LogP contribution in [0.2, 0.25) is 0 Å². The molecule has 0 saturated heterocycles. The molecule has 0 spiro atoms. The molecule has 1 saturated carbocycles. The molecule has 3 N–H and O–H groups in total. The van der Waals surface area contributed by atoms with E-state index in [9.17, 15) is 0 Å². The molecular formula is C12H14N6. The van der Waals surface area contributed by atoms with Crippen LogP contribution in [-0.2, 0) is 0 Å². The second-order valence-electron chi connectivity index (χ2n) is 4.41. The third-order valence-electron chi connectivity index (χ3n) is 2.89. The van der Waals surface area contributed by atoms with Gasteiger partial charge in [0.05, 0.1) is 0 Å². The Morgan fingerprint density at radius 1 is 1.28 bits per heavy atom. The van der Waals surface area contributed by atoms with E-state index >= 15 is 0 Å². The number of aromatic nitrogens is 4. The number of hydrogen-bond donors (Lipinski definition) is 2. The number of hydrazine groups is 1. The molecule has 1 aliphatic carbocycles. The van der Waals surface area contributed by atoms with Crippen LogP contribution in [-0.4, -0.2) is 19.9 Å². The van der Waals surface area contributed by atoms with Crippen LogP contribution in [0.3, 0.4) is 0 Å². The van der Waals surface area contributed by atoms with E-state index in [1.54, 1.807) is 12.3 Å². The van der Waals surface area contributed by atoms with E-state index in [0.29, 0.717) is 23.4 Å². The maximum absolute atomic E-state index is 5.44. The summed E-state index contributed by atoms with van der Waals surface area (Å²) in [5, 5.41) is 0. The predicted molar refractivity (Wildman–Crippen MR) is 67.6 cm³/mol. The van der Waals surface area contributed by atoms with Crippen LogP contribution in [0.25, 0.3) is 11.5 Å². The average molecular weight is 242 g/mol. The van der Waals surface area contributed by atoms with Gasteiger partial charge in [-0.3, -0.25) is 0 Å². The Labute approximate surface area is 105 Å².